The highest BCUT2D eigenvalue weighted by Crippen LogP contribution is 2.41. The van der Waals surface area contributed by atoms with Crippen LogP contribution in [0, 0.1) is 31.9 Å². The summed E-state index contributed by atoms with van der Waals surface area (Å²) in [5.74, 6) is 0. The Morgan fingerprint density at radius 1 is 0.413 bits per heavy atom. The minimum Gasteiger partial charge on any atom is -0.256 e. The zero-order valence-electron chi connectivity index (χ0n) is 43.5. The predicted octanol–water partition coefficient (Wildman–Crippen LogP) is 14.2. The number of rotatable bonds is 12. The molecule has 0 amide bonds. The van der Waals surface area contributed by atoms with E-state index in [9.17, 15) is 5.26 Å². The van der Waals surface area contributed by atoms with E-state index in [1.807, 2.05) is 60.7 Å². The molecule has 0 atom stereocenters. The van der Waals surface area contributed by atoms with Crippen molar-refractivity contribution in [3.63, 3.8) is 0 Å². The molecule has 9 rings (SSSR count). The average Bonchev–Trinajstić information content (AvgIpc) is 3.39. The Bertz CT molecular complexity index is 3310. The molecule has 0 spiro atoms. The number of aryl methyl sites for hydroxylation is 7. The van der Waals surface area contributed by atoms with Gasteiger partial charge in [0.1, 0.15) is 0 Å². The van der Waals surface area contributed by atoms with Crippen LogP contribution in [-0.4, -0.2) is 15.0 Å². The lowest BCUT2D eigenvalue weighted by atomic mass is 9.86. The van der Waals surface area contributed by atoms with Crippen molar-refractivity contribution >= 4 is 0 Å². The molecule has 0 saturated heterocycles. The molecule has 0 aliphatic carbocycles. The van der Waals surface area contributed by atoms with Crippen molar-refractivity contribution in [3.8, 4) is 73.2 Å². The van der Waals surface area contributed by atoms with Crippen molar-refractivity contribution < 1.29 is 12.3 Å². The van der Waals surface area contributed by atoms with Crippen LogP contribution < -0.4 is 0 Å². The number of pyridine rings is 3. The van der Waals surface area contributed by atoms with Crippen LogP contribution in [0.25, 0.3) is 67.2 Å². The second kappa shape index (κ2) is 18.5. The molecule has 9 aromatic rings. The van der Waals surface area contributed by atoms with Gasteiger partial charge in [0.2, 0.25) is 0 Å². The van der Waals surface area contributed by atoms with Crippen molar-refractivity contribution in [1.82, 2.24) is 15.0 Å². The fraction of sp³-hybridized carbons (Fsp3) is 0.119. The number of hydrogen-bond acceptors (Lipinski definition) is 4. The van der Waals surface area contributed by atoms with Gasteiger partial charge in [-0.2, -0.15) is 5.26 Å². The first kappa shape index (κ1) is 31.2. The van der Waals surface area contributed by atoms with Crippen molar-refractivity contribution in [2.75, 3.05) is 0 Å². The fourth-order valence-corrected chi connectivity index (χ4v) is 8.14. The van der Waals surface area contributed by atoms with Gasteiger partial charge in [0.25, 0.3) is 0 Å². The molecule has 0 N–H and O–H groups in total. The van der Waals surface area contributed by atoms with Gasteiger partial charge in [-0.3, -0.25) is 15.0 Å². The minimum absolute atomic E-state index is 0.0129. The average molecular weight is 822 g/mol. The second-order valence-electron chi connectivity index (χ2n) is 15.7. The molecule has 0 aliphatic heterocycles. The number of nitrogens with zero attached hydrogens (tertiary/aromatic N) is 4. The van der Waals surface area contributed by atoms with Crippen LogP contribution >= 0.6 is 0 Å². The smallest absolute Gasteiger partial charge is 0.0991 e. The molecule has 304 valence electrons. The van der Waals surface area contributed by atoms with Gasteiger partial charge in [-0.15, -0.1) is 0 Å². The summed E-state index contributed by atoms with van der Waals surface area (Å²) < 4.78 is 73.7. The highest BCUT2D eigenvalue weighted by molar-refractivity contribution is 5.93. The summed E-state index contributed by atoms with van der Waals surface area (Å²) in [6.07, 6.45) is 7.84. The molecular formula is C59H48N4. The Hall–Kier alpha value is -7.74. The van der Waals surface area contributed by atoms with E-state index in [1.54, 1.807) is 36.7 Å². The first-order valence-electron chi connectivity index (χ1n) is 25.4. The van der Waals surface area contributed by atoms with Crippen LogP contribution in [0.3, 0.4) is 0 Å². The van der Waals surface area contributed by atoms with Crippen LogP contribution in [0.2, 0.25) is 0 Å². The number of hydrogen-bond donors (Lipinski definition) is 0. The Morgan fingerprint density at radius 2 is 0.984 bits per heavy atom. The van der Waals surface area contributed by atoms with E-state index in [-0.39, 0.29) is 27.9 Å². The topological polar surface area (TPSA) is 62.5 Å². The highest BCUT2D eigenvalue weighted by atomic mass is 14.7. The summed E-state index contributed by atoms with van der Waals surface area (Å²) in [7, 11) is 0. The molecule has 4 nitrogen and oxygen atoms in total. The van der Waals surface area contributed by atoms with Gasteiger partial charge in [0.05, 0.1) is 28.7 Å². The Balaban J connectivity index is 1.14. The van der Waals surface area contributed by atoms with Crippen LogP contribution in [0.15, 0.2) is 188 Å². The molecule has 3 aromatic heterocycles. The molecule has 0 fully saturated rings. The lowest BCUT2D eigenvalue weighted by molar-refractivity contribution is 0.931. The van der Waals surface area contributed by atoms with E-state index in [4.69, 9.17) is 12.3 Å². The maximum atomic E-state index is 10.2. The standard InChI is InChI=1S/C59H48N4/c1-40-30-47(38-60)36-51(31-40)56-37-50(59-32-41(2)42(3)39-63-59)26-27-55(56)54-11-5-4-10-53(54)52-34-45(16-14-43-18-22-48(23-19-43)57-12-6-8-28-61-57)33-46(35-52)17-15-44-20-24-49(25-21-44)58-13-7-9-29-62-58/h4-13,18-37,39H,14-17H2,1-3H3/i1D3,2D3,3D3. The van der Waals surface area contributed by atoms with E-state index < -0.39 is 20.6 Å². The number of nitriles is 1. The van der Waals surface area contributed by atoms with E-state index >= 15 is 0 Å². The zero-order valence-corrected chi connectivity index (χ0v) is 34.5. The third-order valence-corrected chi connectivity index (χ3v) is 11.4. The lowest BCUT2D eigenvalue weighted by Crippen LogP contribution is -1.98. The molecule has 6 aromatic carbocycles. The lowest BCUT2D eigenvalue weighted by Gasteiger charge is -2.18. The SMILES string of the molecule is [2H]C([2H])([2H])c1cc(C#N)cc(-c2cc(-c3cc(C([2H])([2H])[2H])c(C([2H])([2H])[2H])cn3)ccc2-c2ccccc2-c2cc(CCc3ccc(-c4ccccn4)cc3)cc(CCc3ccc(-c4ccccn4)cc3)c2)c1. The van der Waals surface area contributed by atoms with E-state index in [1.165, 1.54) is 23.3 Å². The van der Waals surface area contributed by atoms with Crippen LogP contribution in [0.5, 0.6) is 0 Å². The van der Waals surface area contributed by atoms with Gasteiger partial charge in [-0.1, -0.05) is 121 Å². The summed E-state index contributed by atoms with van der Waals surface area (Å²) in [6.45, 7) is -7.99. The number of benzene rings is 6. The molecule has 0 bridgehead atoms. The summed E-state index contributed by atoms with van der Waals surface area (Å²) in [4.78, 5) is 13.5. The van der Waals surface area contributed by atoms with Gasteiger partial charge in [0, 0.05) is 47.6 Å². The summed E-state index contributed by atoms with van der Waals surface area (Å²) in [5.41, 5.74) is 13.3. The first-order valence-corrected chi connectivity index (χ1v) is 20.9. The molecular weight excluding hydrogens is 765 g/mol. The third kappa shape index (κ3) is 9.44. The van der Waals surface area contributed by atoms with Gasteiger partial charge < -0.3 is 0 Å². The maximum Gasteiger partial charge on any atom is 0.0991 e. The summed E-state index contributed by atoms with van der Waals surface area (Å²) >= 11 is 0. The quantitative estimate of drug-likeness (QED) is 0.123. The normalized spacial score (nSPS) is 13.7. The largest absolute Gasteiger partial charge is 0.256 e. The molecule has 4 heteroatoms. The molecule has 0 radical (unpaired) electrons. The molecule has 0 saturated carbocycles. The Kier molecular flexibility index (Phi) is 9.14. The zero-order chi connectivity index (χ0) is 50.6. The second-order valence-corrected chi connectivity index (χ2v) is 15.7. The highest BCUT2D eigenvalue weighted by Gasteiger charge is 2.17. The van der Waals surface area contributed by atoms with Gasteiger partial charge >= 0.3 is 0 Å². The molecule has 0 unspecified atom stereocenters. The molecule has 0 aliphatic rings. The van der Waals surface area contributed by atoms with Gasteiger partial charge in [-0.05, 0) is 167 Å². The Labute approximate surface area is 384 Å². The van der Waals surface area contributed by atoms with Crippen molar-refractivity contribution in [2.45, 2.75) is 46.2 Å². The van der Waals surface area contributed by atoms with Crippen molar-refractivity contribution in [1.29, 1.82) is 5.26 Å². The monoisotopic (exact) mass is 821 g/mol. The van der Waals surface area contributed by atoms with E-state index in [2.05, 4.69) is 93.8 Å². The fourth-order valence-electron chi connectivity index (χ4n) is 8.14. The van der Waals surface area contributed by atoms with Crippen LogP contribution in [-0.2, 0) is 25.7 Å². The summed E-state index contributed by atoms with van der Waals surface area (Å²) in [6, 6.07) is 57.1. The number of aromatic nitrogens is 3. The Morgan fingerprint density at radius 3 is 1.57 bits per heavy atom. The molecule has 3 heterocycles. The minimum atomic E-state index is -2.75. The summed E-state index contributed by atoms with van der Waals surface area (Å²) in [5, 5.41) is 10.2. The first-order chi connectivity index (χ1) is 34.5. The molecule has 63 heavy (non-hydrogen) atoms. The van der Waals surface area contributed by atoms with Crippen LogP contribution in [0.4, 0.5) is 0 Å². The van der Waals surface area contributed by atoms with Gasteiger partial charge in [-0.25, -0.2) is 0 Å². The van der Waals surface area contributed by atoms with Gasteiger partial charge in [0.15, 0.2) is 0 Å². The maximum absolute atomic E-state index is 10.2. The van der Waals surface area contributed by atoms with Crippen molar-refractivity contribution in [3.05, 3.63) is 233 Å². The third-order valence-electron chi connectivity index (χ3n) is 11.4. The predicted molar refractivity (Wildman–Crippen MR) is 259 cm³/mol. The van der Waals surface area contributed by atoms with E-state index in [0.717, 1.165) is 87.8 Å². The van der Waals surface area contributed by atoms with Crippen LogP contribution in [0.1, 0.15) is 56.8 Å². The van der Waals surface area contributed by atoms with E-state index in [0.29, 0.717) is 16.7 Å². The van der Waals surface area contributed by atoms with Crippen molar-refractivity contribution in [2.24, 2.45) is 0 Å².